The van der Waals surface area contributed by atoms with Crippen LogP contribution in [0.5, 0.6) is 17.2 Å². The zero-order valence-corrected chi connectivity index (χ0v) is 14.4. The van der Waals surface area contributed by atoms with Gasteiger partial charge in [0.05, 0.1) is 6.61 Å². The second kappa shape index (κ2) is 7.93. The van der Waals surface area contributed by atoms with Gasteiger partial charge in [0, 0.05) is 18.5 Å². The summed E-state index contributed by atoms with van der Waals surface area (Å²) in [4.78, 5) is 0. The van der Waals surface area contributed by atoms with Crippen LogP contribution in [0.25, 0.3) is 0 Å². The maximum absolute atomic E-state index is 13.2. The third-order valence-corrected chi connectivity index (χ3v) is 4.59. The second-order valence-corrected chi connectivity index (χ2v) is 6.12. The number of rotatable bonds is 4. The lowest BCUT2D eigenvalue weighted by atomic mass is 9.81. The molecule has 25 heavy (non-hydrogen) atoms. The van der Waals surface area contributed by atoms with Crippen molar-refractivity contribution < 1.29 is 21.3 Å². The number of nitrogens with one attached hydrogen (secondary N) is 1. The molecular weight excluding hydrogens is 345 g/mol. The molecule has 0 unspecified atom stereocenters. The molecule has 0 aromatic heterocycles. The molecule has 0 radical (unpaired) electrons. The van der Waals surface area contributed by atoms with Gasteiger partial charge >= 0.3 is 0 Å². The van der Waals surface area contributed by atoms with E-state index in [0.29, 0.717) is 29.8 Å². The van der Waals surface area contributed by atoms with Crippen molar-refractivity contribution in [3.05, 3.63) is 53.8 Å². The minimum atomic E-state index is -2.14. The van der Waals surface area contributed by atoms with Crippen molar-refractivity contribution in [1.29, 1.82) is 0 Å². The van der Waals surface area contributed by atoms with Crippen molar-refractivity contribution in [2.45, 2.75) is 12.3 Å². The van der Waals surface area contributed by atoms with E-state index in [4.69, 9.17) is 17.0 Å². The van der Waals surface area contributed by atoms with Crippen LogP contribution in [0.15, 0.2) is 42.5 Å². The van der Waals surface area contributed by atoms with Crippen LogP contribution in [0.2, 0.25) is 0 Å². The van der Waals surface area contributed by atoms with Crippen molar-refractivity contribution in [2.24, 2.45) is 5.92 Å². The Morgan fingerprint density at radius 1 is 1.16 bits per heavy atom. The third kappa shape index (κ3) is 3.99. The summed E-state index contributed by atoms with van der Waals surface area (Å²) in [7, 11) is 0. The number of ether oxygens (including phenoxy) is 3. The fourth-order valence-corrected chi connectivity index (χ4v) is 3.30. The first kappa shape index (κ1) is 15.3. The van der Waals surface area contributed by atoms with E-state index < -0.39 is 6.75 Å². The van der Waals surface area contributed by atoms with Crippen molar-refractivity contribution in [2.75, 3.05) is 26.4 Å². The molecule has 0 spiro atoms. The smallest absolute Gasteiger partial charge is 0.231 e. The molecule has 4 nitrogen and oxygen atoms in total. The van der Waals surface area contributed by atoms with Crippen LogP contribution in [0, 0.1) is 11.7 Å². The summed E-state index contributed by atoms with van der Waals surface area (Å²) in [5.41, 5.74) is 1.13. The first-order chi connectivity index (χ1) is 12.5. The lowest BCUT2D eigenvalue weighted by Crippen LogP contribution is -2.38. The average molecular weight is 368 g/mol. The molecule has 0 amide bonds. The van der Waals surface area contributed by atoms with E-state index in [9.17, 15) is 4.39 Å². The Balaban J connectivity index is 0.00000210. The zero-order valence-electron chi connectivity index (χ0n) is 15.5. The fourth-order valence-electron chi connectivity index (χ4n) is 3.30. The Morgan fingerprint density at radius 3 is 2.80 bits per heavy atom. The molecule has 2 aliphatic rings. The minimum absolute atomic E-state index is 0. The van der Waals surface area contributed by atoms with Gasteiger partial charge in [-0.3, -0.25) is 0 Å². The Bertz CT molecular complexity index is 791. The molecule has 6 heteroatoms. The first-order valence-electron chi connectivity index (χ1n) is 9.11. The molecule has 2 aliphatic heterocycles. The Morgan fingerprint density at radius 2 is 1.96 bits per heavy atom. The SMILES string of the molecule is Cl.[2H]C1([2H])Oc2ccc(OC[C@@H]3CNCC[C@H]3c3ccc(F)cc3)cc2O1. The highest BCUT2D eigenvalue weighted by Gasteiger charge is 2.27. The minimum Gasteiger partial charge on any atom is -0.493 e. The summed E-state index contributed by atoms with van der Waals surface area (Å²) < 4.78 is 44.3. The molecule has 2 aromatic rings. The van der Waals surface area contributed by atoms with Crippen LogP contribution in [-0.4, -0.2) is 26.4 Å². The van der Waals surface area contributed by atoms with Gasteiger partial charge in [-0.2, -0.15) is 0 Å². The molecule has 0 bridgehead atoms. The van der Waals surface area contributed by atoms with E-state index in [2.05, 4.69) is 5.32 Å². The average Bonchev–Trinajstić information content (AvgIpc) is 2.94. The topological polar surface area (TPSA) is 39.7 Å². The standard InChI is InChI=1S/C19H20FNO3.ClH/c20-15-3-1-13(2-4-15)17-7-8-21-10-14(17)11-22-16-5-6-18-19(9-16)24-12-23-18;/h1-6,9,14,17,21H,7-8,10-12H2;1H/t14-,17-;/m0./s1/i12D2;. The van der Waals surface area contributed by atoms with Crippen LogP contribution < -0.4 is 19.5 Å². The van der Waals surface area contributed by atoms with E-state index in [0.717, 1.165) is 25.1 Å². The molecule has 2 aromatic carbocycles. The quantitative estimate of drug-likeness (QED) is 0.893. The van der Waals surface area contributed by atoms with Gasteiger partial charge < -0.3 is 19.5 Å². The van der Waals surface area contributed by atoms with Gasteiger partial charge in [-0.15, -0.1) is 12.4 Å². The van der Waals surface area contributed by atoms with Crippen molar-refractivity contribution in [3.63, 3.8) is 0 Å². The van der Waals surface area contributed by atoms with Crippen LogP contribution in [0.4, 0.5) is 4.39 Å². The van der Waals surface area contributed by atoms with Gasteiger partial charge in [0.1, 0.15) is 14.3 Å². The number of piperidine rings is 1. The second-order valence-electron chi connectivity index (χ2n) is 6.12. The fraction of sp³-hybridized carbons (Fsp3) is 0.368. The van der Waals surface area contributed by atoms with Crippen LogP contribution in [0.1, 0.15) is 20.6 Å². The highest BCUT2D eigenvalue weighted by atomic mass is 35.5. The third-order valence-electron chi connectivity index (χ3n) is 4.59. The van der Waals surface area contributed by atoms with Gasteiger partial charge in [-0.25, -0.2) is 4.39 Å². The molecule has 2 heterocycles. The molecule has 2 atom stereocenters. The Labute approximate surface area is 155 Å². The van der Waals surface area contributed by atoms with E-state index >= 15 is 0 Å². The van der Waals surface area contributed by atoms with Gasteiger partial charge in [0.25, 0.3) is 0 Å². The monoisotopic (exact) mass is 367 g/mol. The number of hydrogen-bond donors (Lipinski definition) is 1. The predicted octanol–water partition coefficient (Wildman–Crippen LogP) is 3.75. The van der Waals surface area contributed by atoms with Gasteiger partial charge in [0.15, 0.2) is 11.5 Å². The van der Waals surface area contributed by atoms with E-state index in [1.807, 2.05) is 12.1 Å². The molecule has 4 rings (SSSR count). The van der Waals surface area contributed by atoms with E-state index in [1.165, 1.54) is 12.1 Å². The molecule has 1 N–H and O–H groups in total. The summed E-state index contributed by atoms with van der Waals surface area (Å²) in [5, 5.41) is 3.39. The first-order valence-corrected chi connectivity index (χ1v) is 8.11. The summed E-state index contributed by atoms with van der Waals surface area (Å²) in [5.74, 6) is 1.64. The number of fused-ring (bicyclic) bond motifs is 1. The highest BCUT2D eigenvalue weighted by molar-refractivity contribution is 5.85. The highest BCUT2D eigenvalue weighted by Crippen LogP contribution is 2.36. The van der Waals surface area contributed by atoms with Crippen molar-refractivity contribution in [1.82, 2.24) is 5.32 Å². The predicted molar refractivity (Wildman–Crippen MR) is 95.4 cm³/mol. The summed E-state index contributed by atoms with van der Waals surface area (Å²) >= 11 is 0. The van der Waals surface area contributed by atoms with E-state index in [-0.39, 0.29) is 24.1 Å². The normalized spacial score (nSPS) is 24.7. The maximum atomic E-state index is 13.2. The summed E-state index contributed by atoms with van der Waals surface area (Å²) in [6, 6.07) is 11.7. The lowest BCUT2D eigenvalue weighted by molar-refractivity contribution is 0.173. The van der Waals surface area contributed by atoms with Gasteiger partial charge in [0.2, 0.25) is 6.75 Å². The largest absolute Gasteiger partial charge is 0.493 e. The Kier molecular flexibility index (Phi) is 4.85. The lowest BCUT2D eigenvalue weighted by Gasteiger charge is -2.32. The maximum Gasteiger partial charge on any atom is 0.231 e. The van der Waals surface area contributed by atoms with Crippen LogP contribution >= 0.6 is 12.4 Å². The molecule has 1 fully saturated rings. The van der Waals surface area contributed by atoms with Gasteiger partial charge in [-0.05, 0) is 48.7 Å². The molecule has 134 valence electrons. The number of hydrogen-bond acceptors (Lipinski definition) is 4. The van der Waals surface area contributed by atoms with Crippen LogP contribution in [0.3, 0.4) is 0 Å². The van der Waals surface area contributed by atoms with E-state index in [1.54, 1.807) is 18.2 Å². The summed E-state index contributed by atoms with van der Waals surface area (Å²) in [6.07, 6.45) is 0.973. The van der Waals surface area contributed by atoms with Crippen molar-refractivity contribution in [3.8, 4) is 17.2 Å². The molecule has 0 saturated carbocycles. The van der Waals surface area contributed by atoms with Crippen LogP contribution in [-0.2, 0) is 0 Å². The van der Waals surface area contributed by atoms with Gasteiger partial charge in [-0.1, -0.05) is 12.1 Å². The Hall–Kier alpha value is -1.98. The summed E-state index contributed by atoms with van der Waals surface area (Å²) in [6.45, 7) is 0.121. The van der Waals surface area contributed by atoms with Crippen molar-refractivity contribution >= 4 is 12.4 Å². The molecule has 1 saturated heterocycles. The number of halogens is 2. The molecule has 0 aliphatic carbocycles. The molecular formula is C19H21ClFNO3. The number of benzene rings is 2. The zero-order chi connectivity index (χ0) is 18.1.